The van der Waals surface area contributed by atoms with Crippen LogP contribution in [0.1, 0.15) is 49.6 Å². The Morgan fingerprint density at radius 3 is 2.56 bits per heavy atom. The van der Waals surface area contributed by atoms with Crippen molar-refractivity contribution in [2.45, 2.75) is 52.5 Å². The van der Waals surface area contributed by atoms with E-state index >= 15 is 0 Å². The van der Waals surface area contributed by atoms with E-state index < -0.39 is 0 Å². The normalized spacial score (nSPS) is 23.4. The molecule has 1 fully saturated rings. The molecule has 1 aliphatic carbocycles. The average Bonchev–Trinajstić information content (AvgIpc) is 2.32. The molecule has 96 valence electrons. The van der Waals surface area contributed by atoms with E-state index in [-0.39, 0.29) is 0 Å². The maximum atomic E-state index is 9.23. The van der Waals surface area contributed by atoms with Crippen LogP contribution < -0.4 is 5.32 Å². The van der Waals surface area contributed by atoms with Gasteiger partial charge in [-0.05, 0) is 51.5 Å². The van der Waals surface area contributed by atoms with Crippen molar-refractivity contribution in [2.24, 2.45) is 5.92 Å². The zero-order valence-electron chi connectivity index (χ0n) is 11.5. The lowest BCUT2D eigenvalue weighted by Crippen LogP contribution is -2.25. The van der Waals surface area contributed by atoms with Crippen molar-refractivity contribution < 1.29 is 0 Å². The van der Waals surface area contributed by atoms with Crippen LogP contribution in [-0.4, -0.2) is 11.0 Å². The van der Waals surface area contributed by atoms with Crippen molar-refractivity contribution in [3.63, 3.8) is 0 Å². The van der Waals surface area contributed by atoms with Crippen molar-refractivity contribution in [3.05, 3.63) is 23.0 Å². The van der Waals surface area contributed by atoms with Gasteiger partial charge in [0, 0.05) is 11.7 Å². The van der Waals surface area contributed by atoms with Crippen LogP contribution in [-0.2, 0) is 0 Å². The fourth-order valence-corrected chi connectivity index (χ4v) is 2.71. The van der Waals surface area contributed by atoms with Gasteiger partial charge in [0.15, 0.2) is 0 Å². The summed E-state index contributed by atoms with van der Waals surface area (Å²) in [7, 11) is 0. The van der Waals surface area contributed by atoms with Gasteiger partial charge in [0.05, 0.1) is 16.9 Å². The number of aryl methyl sites for hydroxylation is 2. The number of nitrogens with one attached hydrogen (secondary N) is 1. The van der Waals surface area contributed by atoms with Gasteiger partial charge >= 0.3 is 0 Å². The lowest BCUT2D eigenvalue weighted by molar-refractivity contribution is 0.361. The average molecular weight is 243 g/mol. The fourth-order valence-electron chi connectivity index (χ4n) is 2.71. The molecule has 2 rings (SSSR count). The first kappa shape index (κ1) is 12.9. The van der Waals surface area contributed by atoms with E-state index in [0.717, 1.165) is 23.0 Å². The first-order valence-corrected chi connectivity index (χ1v) is 6.75. The molecule has 1 aromatic heterocycles. The van der Waals surface area contributed by atoms with Crippen molar-refractivity contribution in [1.29, 1.82) is 5.26 Å². The molecule has 0 spiro atoms. The van der Waals surface area contributed by atoms with Gasteiger partial charge in [-0.3, -0.25) is 4.98 Å². The molecule has 3 heteroatoms. The molecular formula is C15H21N3. The molecule has 1 aromatic rings. The van der Waals surface area contributed by atoms with E-state index in [1.807, 2.05) is 19.9 Å². The summed E-state index contributed by atoms with van der Waals surface area (Å²) in [6.45, 7) is 6.19. The quantitative estimate of drug-likeness (QED) is 0.864. The molecule has 0 bridgehead atoms. The Labute approximate surface area is 109 Å². The molecular weight excluding hydrogens is 222 g/mol. The third-order valence-electron chi connectivity index (χ3n) is 3.82. The molecule has 1 heterocycles. The Morgan fingerprint density at radius 1 is 1.28 bits per heavy atom. The van der Waals surface area contributed by atoms with Gasteiger partial charge in [-0.1, -0.05) is 6.92 Å². The van der Waals surface area contributed by atoms with Crippen LogP contribution in [0, 0.1) is 31.1 Å². The van der Waals surface area contributed by atoms with Crippen LogP contribution in [0.25, 0.3) is 0 Å². The molecule has 0 aliphatic heterocycles. The zero-order chi connectivity index (χ0) is 13.1. The maximum Gasteiger partial charge on any atom is 0.103 e. The van der Waals surface area contributed by atoms with E-state index in [9.17, 15) is 5.26 Å². The first-order valence-electron chi connectivity index (χ1n) is 6.75. The van der Waals surface area contributed by atoms with Gasteiger partial charge in [-0.25, -0.2) is 0 Å². The lowest BCUT2D eigenvalue weighted by atomic mass is 9.87. The van der Waals surface area contributed by atoms with Crippen LogP contribution in [0.4, 0.5) is 5.69 Å². The van der Waals surface area contributed by atoms with Gasteiger partial charge in [-0.15, -0.1) is 0 Å². The molecule has 0 amide bonds. The molecule has 1 aliphatic rings. The Morgan fingerprint density at radius 2 is 1.94 bits per heavy atom. The predicted molar refractivity (Wildman–Crippen MR) is 73.5 cm³/mol. The summed E-state index contributed by atoms with van der Waals surface area (Å²) in [6, 6.07) is 4.76. The van der Waals surface area contributed by atoms with Crippen molar-refractivity contribution in [3.8, 4) is 6.07 Å². The number of anilines is 1. The number of pyridine rings is 1. The summed E-state index contributed by atoms with van der Waals surface area (Å²) in [5.41, 5.74) is 3.45. The van der Waals surface area contributed by atoms with Gasteiger partial charge in [0.2, 0.25) is 0 Å². The topological polar surface area (TPSA) is 48.7 Å². The summed E-state index contributed by atoms with van der Waals surface area (Å²) in [5.74, 6) is 0.847. The second-order valence-corrected chi connectivity index (χ2v) is 5.48. The highest BCUT2D eigenvalue weighted by atomic mass is 14.9. The van der Waals surface area contributed by atoms with E-state index in [1.54, 1.807) is 0 Å². The lowest BCUT2D eigenvalue weighted by Gasteiger charge is -2.28. The van der Waals surface area contributed by atoms with E-state index in [2.05, 4.69) is 23.3 Å². The predicted octanol–water partition coefficient (Wildman–Crippen LogP) is 3.56. The monoisotopic (exact) mass is 243 g/mol. The second kappa shape index (κ2) is 5.39. The van der Waals surface area contributed by atoms with Crippen LogP contribution >= 0.6 is 0 Å². The van der Waals surface area contributed by atoms with Gasteiger partial charge in [0.1, 0.15) is 6.07 Å². The van der Waals surface area contributed by atoms with Crippen molar-refractivity contribution >= 4 is 5.69 Å². The molecule has 0 unspecified atom stereocenters. The second-order valence-electron chi connectivity index (χ2n) is 5.48. The minimum atomic E-state index is 0.509. The van der Waals surface area contributed by atoms with Crippen LogP contribution in [0.2, 0.25) is 0 Å². The third kappa shape index (κ3) is 2.81. The van der Waals surface area contributed by atoms with Gasteiger partial charge in [0.25, 0.3) is 0 Å². The van der Waals surface area contributed by atoms with Crippen LogP contribution in [0.5, 0.6) is 0 Å². The fraction of sp³-hybridized carbons (Fsp3) is 0.600. The molecule has 0 aromatic carbocycles. The highest BCUT2D eigenvalue weighted by Crippen LogP contribution is 2.28. The Balaban J connectivity index is 2.16. The number of nitrogens with zero attached hydrogens (tertiary/aromatic N) is 2. The Hall–Kier alpha value is -1.56. The summed E-state index contributed by atoms with van der Waals surface area (Å²) < 4.78 is 0. The standard InChI is InChI=1S/C15H21N3/c1-10-4-6-13(7-5-10)18-15-8-11(2)17-12(3)14(15)9-16/h8,10,13H,4-7H2,1-3H3,(H,17,18). The number of hydrogen-bond acceptors (Lipinski definition) is 3. The minimum absolute atomic E-state index is 0.509. The van der Waals surface area contributed by atoms with Gasteiger partial charge < -0.3 is 5.32 Å². The molecule has 0 atom stereocenters. The van der Waals surface area contributed by atoms with E-state index in [4.69, 9.17) is 0 Å². The molecule has 1 N–H and O–H groups in total. The largest absolute Gasteiger partial charge is 0.381 e. The maximum absolute atomic E-state index is 9.23. The van der Waals surface area contributed by atoms with Crippen LogP contribution in [0.3, 0.4) is 0 Å². The van der Waals surface area contributed by atoms with Crippen molar-refractivity contribution in [2.75, 3.05) is 5.32 Å². The highest BCUT2D eigenvalue weighted by Gasteiger charge is 2.19. The first-order chi connectivity index (χ1) is 8.60. The third-order valence-corrected chi connectivity index (χ3v) is 3.82. The molecule has 1 saturated carbocycles. The molecule has 0 radical (unpaired) electrons. The van der Waals surface area contributed by atoms with E-state index in [0.29, 0.717) is 11.6 Å². The van der Waals surface area contributed by atoms with Gasteiger partial charge in [-0.2, -0.15) is 5.26 Å². The minimum Gasteiger partial charge on any atom is -0.381 e. The number of aromatic nitrogens is 1. The Kier molecular flexibility index (Phi) is 3.86. The molecule has 0 saturated heterocycles. The van der Waals surface area contributed by atoms with Crippen molar-refractivity contribution in [1.82, 2.24) is 4.98 Å². The number of rotatable bonds is 2. The highest BCUT2D eigenvalue weighted by molar-refractivity contribution is 5.60. The summed E-state index contributed by atoms with van der Waals surface area (Å²) >= 11 is 0. The summed E-state index contributed by atoms with van der Waals surface area (Å²) in [5, 5.41) is 12.8. The summed E-state index contributed by atoms with van der Waals surface area (Å²) in [4.78, 5) is 4.35. The number of hydrogen-bond donors (Lipinski definition) is 1. The number of nitriles is 1. The Bertz CT molecular complexity index is 465. The molecule has 18 heavy (non-hydrogen) atoms. The van der Waals surface area contributed by atoms with E-state index in [1.165, 1.54) is 25.7 Å². The molecule has 3 nitrogen and oxygen atoms in total. The smallest absolute Gasteiger partial charge is 0.103 e. The SMILES string of the molecule is Cc1cc(NC2CCC(C)CC2)c(C#N)c(C)n1. The summed E-state index contributed by atoms with van der Waals surface area (Å²) in [6.07, 6.45) is 4.96. The van der Waals surface area contributed by atoms with Crippen LogP contribution in [0.15, 0.2) is 6.07 Å². The zero-order valence-corrected chi connectivity index (χ0v) is 11.5.